The van der Waals surface area contributed by atoms with Crippen LogP contribution in [-0.4, -0.2) is 9.55 Å². The predicted octanol–water partition coefficient (Wildman–Crippen LogP) is 6.24. The summed E-state index contributed by atoms with van der Waals surface area (Å²) in [6, 6.07) is 6.87. The van der Waals surface area contributed by atoms with Crippen molar-refractivity contribution in [2.45, 2.75) is 57.4 Å². The van der Waals surface area contributed by atoms with Gasteiger partial charge in [0.25, 0.3) is 0 Å². The number of nitrogens with zero attached hydrogens (tertiary/aromatic N) is 2. The van der Waals surface area contributed by atoms with E-state index < -0.39 is 0 Å². The fraction of sp³-hybridized carbons (Fsp3) is 0.588. The van der Waals surface area contributed by atoms with Crippen molar-refractivity contribution >= 4 is 38.6 Å². The van der Waals surface area contributed by atoms with Gasteiger partial charge in [0.1, 0.15) is 5.82 Å². The normalized spacial score (nSPS) is 24.4. The number of imidazole rings is 1. The molecule has 1 aromatic heterocycles. The van der Waals surface area contributed by atoms with E-state index in [1.54, 1.807) is 0 Å². The van der Waals surface area contributed by atoms with Crippen molar-refractivity contribution in [3.05, 3.63) is 28.5 Å². The van der Waals surface area contributed by atoms with Crippen LogP contribution in [0.2, 0.25) is 0 Å². The van der Waals surface area contributed by atoms with Crippen molar-refractivity contribution < 1.29 is 0 Å². The maximum atomic E-state index is 6.43. The lowest BCUT2D eigenvalue weighted by atomic mass is 9.82. The summed E-state index contributed by atoms with van der Waals surface area (Å²) in [6.45, 7) is 4.33. The summed E-state index contributed by atoms with van der Waals surface area (Å²) in [5.74, 6) is 1.76. The largest absolute Gasteiger partial charge is 0.323 e. The van der Waals surface area contributed by atoms with E-state index in [-0.39, 0.29) is 5.38 Å². The minimum absolute atomic E-state index is 0.0596. The van der Waals surface area contributed by atoms with Crippen molar-refractivity contribution in [2.24, 2.45) is 5.92 Å². The predicted molar refractivity (Wildman–Crippen MR) is 93.0 cm³/mol. The number of hydrogen-bond donors (Lipinski definition) is 0. The average molecular weight is 370 g/mol. The molecule has 0 aliphatic heterocycles. The highest BCUT2D eigenvalue weighted by Gasteiger charge is 2.29. The summed E-state index contributed by atoms with van der Waals surface area (Å²) in [4.78, 5) is 4.81. The van der Waals surface area contributed by atoms with E-state index in [2.05, 4.69) is 45.6 Å². The number of fused-ring (bicyclic) bond motifs is 1. The molecular weight excluding hydrogens is 348 g/mol. The second-order valence-corrected chi connectivity index (χ2v) is 7.68. The first kappa shape index (κ1) is 15.4. The molecule has 1 fully saturated rings. The lowest BCUT2D eigenvalue weighted by molar-refractivity contribution is 0.233. The topological polar surface area (TPSA) is 17.8 Å². The van der Waals surface area contributed by atoms with Gasteiger partial charge in [0.2, 0.25) is 0 Å². The van der Waals surface area contributed by atoms with Gasteiger partial charge in [-0.3, -0.25) is 0 Å². The second-order valence-electron chi connectivity index (χ2n) is 6.11. The Balaban J connectivity index is 2.18. The third-order valence-electron chi connectivity index (χ3n) is 4.76. The molecule has 2 aromatic rings. The molecule has 3 atom stereocenters. The van der Waals surface area contributed by atoms with E-state index in [0.717, 1.165) is 21.7 Å². The Hall–Kier alpha value is -0.540. The molecule has 2 nitrogen and oxygen atoms in total. The Bertz CT molecular complexity index is 635. The van der Waals surface area contributed by atoms with Crippen LogP contribution in [-0.2, 0) is 0 Å². The molecule has 1 saturated carbocycles. The highest BCUT2D eigenvalue weighted by molar-refractivity contribution is 9.10. The van der Waals surface area contributed by atoms with Crippen LogP contribution in [0, 0.1) is 5.92 Å². The molecule has 0 spiro atoms. The maximum absolute atomic E-state index is 6.43. The number of aromatic nitrogens is 2. The highest BCUT2D eigenvalue weighted by atomic mass is 79.9. The van der Waals surface area contributed by atoms with Crippen molar-refractivity contribution in [1.82, 2.24) is 9.55 Å². The van der Waals surface area contributed by atoms with Gasteiger partial charge in [0.15, 0.2) is 0 Å². The Morgan fingerprint density at radius 1 is 1.38 bits per heavy atom. The molecule has 114 valence electrons. The number of halogens is 2. The summed E-state index contributed by atoms with van der Waals surface area (Å²) in [6.07, 6.45) is 6.47. The van der Waals surface area contributed by atoms with Crippen LogP contribution in [0.25, 0.3) is 11.0 Å². The molecular formula is C17H22BrClN2. The maximum Gasteiger partial charge on any atom is 0.127 e. The molecule has 0 amide bonds. The highest BCUT2D eigenvalue weighted by Crippen LogP contribution is 2.40. The van der Waals surface area contributed by atoms with Crippen molar-refractivity contribution in [3.63, 3.8) is 0 Å². The second kappa shape index (κ2) is 6.29. The van der Waals surface area contributed by atoms with Gasteiger partial charge in [-0.1, -0.05) is 42.1 Å². The van der Waals surface area contributed by atoms with E-state index in [0.29, 0.717) is 6.04 Å². The standard InChI is InChI=1S/C17H22BrClN2/c1-3-12-6-4-5-7-15(12)21-16-10-13(18)8-9-14(16)20-17(21)11(2)19/h8-12,15H,3-7H2,1-2H3. The molecule has 1 heterocycles. The minimum Gasteiger partial charge on any atom is -0.323 e. The van der Waals surface area contributed by atoms with E-state index in [1.807, 2.05) is 6.92 Å². The third-order valence-corrected chi connectivity index (χ3v) is 5.45. The minimum atomic E-state index is -0.0596. The summed E-state index contributed by atoms with van der Waals surface area (Å²) < 4.78 is 3.54. The van der Waals surface area contributed by atoms with Gasteiger partial charge in [0, 0.05) is 10.5 Å². The molecule has 0 saturated heterocycles. The van der Waals surface area contributed by atoms with E-state index in [4.69, 9.17) is 16.6 Å². The summed E-state index contributed by atoms with van der Waals surface area (Å²) in [7, 11) is 0. The van der Waals surface area contributed by atoms with E-state index in [9.17, 15) is 0 Å². The van der Waals surface area contributed by atoms with Crippen LogP contribution in [0.15, 0.2) is 22.7 Å². The zero-order valence-corrected chi connectivity index (χ0v) is 15.0. The number of benzene rings is 1. The quantitative estimate of drug-likeness (QED) is 0.585. The Kier molecular flexibility index (Phi) is 4.60. The number of rotatable bonds is 3. The molecule has 1 aliphatic carbocycles. The van der Waals surface area contributed by atoms with Gasteiger partial charge < -0.3 is 4.57 Å². The van der Waals surface area contributed by atoms with Crippen LogP contribution in [0.1, 0.15) is 63.2 Å². The third kappa shape index (κ3) is 2.87. The molecule has 3 rings (SSSR count). The average Bonchev–Trinajstić information content (AvgIpc) is 2.85. The molecule has 1 aromatic carbocycles. The Morgan fingerprint density at radius 3 is 2.86 bits per heavy atom. The Labute approximate surface area is 140 Å². The zero-order chi connectivity index (χ0) is 15.0. The first-order chi connectivity index (χ1) is 10.1. The van der Waals surface area contributed by atoms with Crippen molar-refractivity contribution in [2.75, 3.05) is 0 Å². The summed E-state index contributed by atoms with van der Waals surface area (Å²) in [5, 5.41) is -0.0596. The summed E-state index contributed by atoms with van der Waals surface area (Å²) >= 11 is 10.0. The first-order valence-corrected chi connectivity index (χ1v) is 9.16. The fourth-order valence-corrected chi connectivity index (χ4v) is 4.22. The van der Waals surface area contributed by atoms with Crippen LogP contribution >= 0.6 is 27.5 Å². The van der Waals surface area contributed by atoms with Crippen LogP contribution < -0.4 is 0 Å². The lowest BCUT2D eigenvalue weighted by Gasteiger charge is -2.33. The van der Waals surface area contributed by atoms with Gasteiger partial charge in [-0.15, -0.1) is 11.6 Å². The summed E-state index contributed by atoms with van der Waals surface area (Å²) in [5.41, 5.74) is 2.28. The molecule has 0 radical (unpaired) electrons. The molecule has 4 heteroatoms. The van der Waals surface area contributed by atoms with Crippen LogP contribution in [0.4, 0.5) is 0 Å². The van der Waals surface area contributed by atoms with Gasteiger partial charge >= 0.3 is 0 Å². The van der Waals surface area contributed by atoms with Crippen LogP contribution in [0.5, 0.6) is 0 Å². The molecule has 1 aliphatic rings. The SMILES string of the molecule is CCC1CCCCC1n1c(C(C)Cl)nc2ccc(Br)cc21. The van der Waals surface area contributed by atoms with Crippen molar-refractivity contribution in [1.29, 1.82) is 0 Å². The lowest BCUT2D eigenvalue weighted by Crippen LogP contribution is -2.24. The van der Waals surface area contributed by atoms with E-state index >= 15 is 0 Å². The van der Waals surface area contributed by atoms with Gasteiger partial charge in [0.05, 0.1) is 16.4 Å². The number of alkyl halides is 1. The van der Waals surface area contributed by atoms with Crippen LogP contribution in [0.3, 0.4) is 0 Å². The molecule has 0 N–H and O–H groups in total. The van der Waals surface area contributed by atoms with Gasteiger partial charge in [-0.2, -0.15) is 0 Å². The molecule has 3 unspecified atom stereocenters. The number of hydrogen-bond acceptors (Lipinski definition) is 1. The van der Waals surface area contributed by atoms with Gasteiger partial charge in [-0.25, -0.2) is 4.98 Å². The monoisotopic (exact) mass is 368 g/mol. The van der Waals surface area contributed by atoms with Gasteiger partial charge in [-0.05, 0) is 43.9 Å². The Morgan fingerprint density at radius 2 is 2.14 bits per heavy atom. The fourth-order valence-electron chi connectivity index (χ4n) is 3.72. The first-order valence-electron chi connectivity index (χ1n) is 7.93. The zero-order valence-electron chi connectivity index (χ0n) is 12.6. The molecule has 21 heavy (non-hydrogen) atoms. The van der Waals surface area contributed by atoms with E-state index in [1.165, 1.54) is 37.6 Å². The van der Waals surface area contributed by atoms with Crippen molar-refractivity contribution in [3.8, 4) is 0 Å². The smallest absolute Gasteiger partial charge is 0.127 e. The molecule has 0 bridgehead atoms.